The van der Waals surface area contributed by atoms with Crippen LogP contribution in [0.1, 0.15) is 38.1 Å². The van der Waals surface area contributed by atoms with Crippen molar-refractivity contribution in [1.82, 2.24) is 14.9 Å². The van der Waals surface area contributed by atoms with Crippen LogP contribution in [-0.4, -0.2) is 32.6 Å². The van der Waals surface area contributed by atoms with Gasteiger partial charge >= 0.3 is 5.69 Å². The minimum absolute atomic E-state index is 0.0861. The summed E-state index contributed by atoms with van der Waals surface area (Å²) in [6.45, 7) is 4.40. The van der Waals surface area contributed by atoms with Crippen molar-refractivity contribution in [3.63, 3.8) is 0 Å². The van der Waals surface area contributed by atoms with Gasteiger partial charge in [-0.1, -0.05) is 13.8 Å². The molecule has 0 saturated carbocycles. The smallest absolute Gasteiger partial charge is 0.311 e. The van der Waals surface area contributed by atoms with Crippen molar-refractivity contribution in [3.8, 4) is 5.75 Å². The summed E-state index contributed by atoms with van der Waals surface area (Å²) in [5.41, 5.74) is 0.494. The van der Waals surface area contributed by atoms with Gasteiger partial charge in [0.2, 0.25) is 4.77 Å². The molecule has 0 bridgehead atoms. The highest BCUT2D eigenvalue weighted by Crippen LogP contribution is 2.27. The van der Waals surface area contributed by atoms with E-state index in [-0.39, 0.29) is 11.4 Å². The number of aromatic amines is 1. The van der Waals surface area contributed by atoms with E-state index in [2.05, 4.69) is 15.3 Å². The summed E-state index contributed by atoms with van der Waals surface area (Å²) in [6, 6.07) is 4.72. The fourth-order valence-corrected chi connectivity index (χ4v) is 2.24. The minimum Gasteiger partial charge on any atom is -0.487 e. The Morgan fingerprint density at radius 2 is 2.25 bits per heavy atom. The second-order valence-corrected chi connectivity index (χ2v) is 5.47. The second kappa shape index (κ2) is 8.34. The van der Waals surface area contributed by atoms with Gasteiger partial charge in [0.1, 0.15) is 0 Å². The molecule has 0 amide bonds. The third kappa shape index (κ3) is 4.25. The number of aryl methyl sites for hydroxylation is 1. The average molecular weight is 349 g/mol. The third-order valence-corrected chi connectivity index (χ3v) is 3.42. The molecule has 0 radical (unpaired) electrons. The topological polar surface area (TPSA) is 98.3 Å². The summed E-state index contributed by atoms with van der Waals surface area (Å²) in [5.74, 6) is 0.974. The third-order valence-electron chi connectivity index (χ3n) is 3.15. The quantitative estimate of drug-likeness (QED) is 0.340. The molecule has 8 nitrogen and oxygen atoms in total. The standard InChI is InChI=1S/C15H19N5O3S/c1-3-5-14-17-18-15(24)19(14)16-10-11-6-7-13(23-8-4-2)12(9-11)20(21)22/h6-7,9-10H,3-5,8H2,1-2H3,(H,18,24)/b16-10-. The van der Waals surface area contributed by atoms with Crippen molar-refractivity contribution in [1.29, 1.82) is 0 Å². The van der Waals surface area contributed by atoms with E-state index in [9.17, 15) is 10.1 Å². The van der Waals surface area contributed by atoms with Crippen LogP contribution in [0.15, 0.2) is 23.3 Å². The molecule has 0 saturated heterocycles. The lowest BCUT2D eigenvalue weighted by Crippen LogP contribution is -2.01. The average Bonchev–Trinajstić information content (AvgIpc) is 2.91. The molecule has 0 atom stereocenters. The number of hydrogen-bond acceptors (Lipinski definition) is 6. The lowest BCUT2D eigenvalue weighted by Gasteiger charge is -2.05. The SMILES string of the molecule is CCCOc1ccc(/C=N\n2c(CCC)n[nH]c2=S)cc1[N+](=O)[O-]. The van der Waals surface area contributed by atoms with Crippen molar-refractivity contribution < 1.29 is 9.66 Å². The van der Waals surface area contributed by atoms with Crippen LogP contribution in [0.3, 0.4) is 0 Å². The zero-order chi connectivity index (χ0) is 17.5. The maximum absolute atomic E-state index is 11.2. The summed E-state index contributed by atoms with van der Waals surface area (Å²) in [7, 11) is 0. The number of nitrogens with one attached hydrogen (secondary N) is 1. The van der Waals surface area contributed by atoms with Crippen LogP contribution in [0.5, 0.6) is 5.75 Å². The maximum Gasteiger partial charge on any atom is 0.311 e. The number of ether oxygens (including phenoxy) is 1. The number of hydrogen-bond donors (Lipinski definition) is 1. The van der Waals surface area contributed by atoms with Gasteiger partial charge in [0, 0.05) is 18.1 Å². The van der Waals surface area contributed by atoms with Crippen LogP contribution >= 0.6 is 12.2 Å². The summed E-state index contributed by atoms with van der Waals surface area (Å²) in [4.78, 5) is 10.7. The Hall–Kier alpha value is -2.55. The van der Waals surface area contributed by atoms with E-state index in [1.165, 1.54) is 17.0 Å². The van der Waals surface area contributed by atoms with Crippen molar-refractivity contribution in [2.45, 2.75) is 33.1 Å². The van der Waals surface area contributed by atoms with Gasteiger partial charge in [-0.3, -0.25) is 15.2 Å². The van der Waals surface area contributed by atoms with E-state index >= 15 is 0 Å². The van der Waals surface area contributed by atoms with Crippen molar-refractivity contribution in [2.75, 3.05) is 6.61 Å². The molecule has 24 heavy (non-hydrogen) atoms. The lowest BCUT2D eigenvalue weighted by molar-refractivity contribution is -0.385. The molecule has 9 heteroatoms. The molecule has 0 aliphatic rings. The highest BCUT2D eigenvalue weighted by molar-refractivity contribution is 7.71. The van der Waals surface area contributed by atoms with Crippen LogP contribution in [0.25, 0.3) is 0 Å². The molecule has 2 rings (SSSR count). The highest BCUT2D eigenvalue weighted by Gasteiger charge is 2.15. The predicted octanol–water partition coefficient (Wildman–Crippen LogP) is 3.47. The normalized spacial score (nSPS) is 11.1. The van der Waals surface area contributed by atoms with Crippen LogP contribution in [0, 0.1) is 14.9 Å². The van der Waals surface area contributed by atoms with Crippen LogP contribution in [0.4, 0.5) is 5.69 Å². The zero-order valence-electron chi connectivity index (χ0n) is 13.6. The number of H-pyrrole nitrogens is 1. The van der Waals surface area contributed by atoms with Gasteiger partial charge in [-0.2, -0.15) is 14.9 Å². The maximum atomic E-state index is 11.2. The Balaban J connectivity index is 2.30. The zero-order valence-corrected chi connectivity index (χ0v) is 14.4. The molecule has 1 N–H and O–H groups in total. The molecular weight excluding hydrogens is 330 g/mol. The van der Waals surface area contributed by atoms with E-state index in [1.54, 1.807) is 12.1 Å². The fraction of sp³-hybridized carbons (Fsp3) is 0.400. The molecule has 1 aromatic carbocycles. The van der Waals surface area contributed by atoms with Crippen LogP contribution < -0.4 is 4.74 Å². The number of benzene rings is 1. The molecule has 1 heterocycles. The van der Waals surface area contributed by atoms with Gasteiger partial charge in [-0.25, -0.2) is 0 Å². The predicted molar refractivity (Wildman–Crippen MR) is 93.3 cm³/mol. The number of nitrogens with zero attached hydrogens (tertiary/aromatic N) is 4. The Bertz CT molecular complexity index is 797. The molecule has 0 spiro atoms. The fourth-order valence-electron chi connectivity index (χ4n) is 2.04. The Labute approximate surface area is 144 Å². The van der Waals surface area contributed by atoms with Crippen molar-refractivity contribution in [2.24, 2.45) is 5.10 Å². The number of aromatic nitrogens is 3. The molecular formula is C15H19N5O3S. The first kappa shape index (κ1) is 17.8. The molecule has 1 aromatic heterocycles. The summed E-state index contributed by atoms with van der Waals surface area (Å²) >= 11 is 5.14. The number of nitro benzene ring substituents is 1. The molecule has 0 unspecified atom stereocenters. The molecule has 0 aliphatic heterocycles. The molecule has 128 valence electrons. The molecule has 0 fully saturated rings. The molecule has 2 aromatic rings. The minimum atomic E-state index is -0.464. The lowest BCUT2D eigenvalue weighted by atomic mass is 10.2. The first-order valence-electron chi connectivity index (χ1n) is 7.68. The van der Waals surface area contributed by atoms with E-state index in [4.69, 9.17) is 17.0 Å². The first-order valence-corrected chi connectivity index (χ1v) is 8.09. The Morgan fingerprint density at radius 1 is 1.46 bits per heavy atom. The van der Waals surface area contributed by atoms with Crippen LogP contribution in [-0.2, 0) is 6.42 Å². The molecule has 0 aliphatic carbocycles. The van der Waals surface area contributed by atoms with E-state index in [0.29, 0.717) is 16.9 Å². The van der Waals surface area contributed by atoms with Crippen molar-refractivity contribution in [3.05, 3.63) is 44.5 Å². The van der Waals surface area contributed by atoms with Gasteiger partial charge in [-0.05, 0) is 37.2 Å². The van der Waals surface area contributed by atoms with E-state index in [1.807, 2.05) is 13.8 Å². The monoisotopic (exact) mass is 349 g/mol. The highest BCUT2D eigenvalue weighted by atomic mass is 32.1. The van der Waals surface area contributed by atoms with E-state index < -0.39 is 4.92 Å². The largest absolute Gasteiger partial charge is 0.487 e. The van der Waals surface area contributed by atoms with Crippen LogP contribution in [0.2, 0.25) is 0 Å². The summed E-state index contributed by atoms with van der Waals surface area (Å²) in [5, 5.41) is 22.3. The summed E-state index contributed by atoms with van der Waals surface area (Å²) in [6.07, 6.45) is 3.93. The van der Waals surface area contributed by atoms with Gasteiger partial charge in [0.05, 0.1) is 17.7 Å². The van der Waals surface area contributed by atoms with Gasteiger partial charge in [0.25, 0.3) is 0 Å². The van der Waals surface area contributed by atoms with Gasteiger partial charge < -0.3 is 4.74 Å². The summed E-state index contributed by atoms with van der Waals surface area (Å²) < 4.78 is 7.30. The first-order chi connectivity index (χ1) is 11.6. The van der Waals surface area contributed by atoms with Gasteiger partial charge in [-0.15, -0.1) is 0 Å². The number of rotatable bonds is 8. The second-order valence-electron chi connectivity index (χ2n) is 5.08. The Morgan fingerprint density at radius 3 is 2.92 bits per heavy atom. The Kier molecular flexibility index (Phi) is 6.19. The van der Waals surface area contributed by atoms with Gasteiger partial charge in [0.15, 0.2) is 11.6 Å². The number of nitro groups is 1. The van der Waals surface area contributed by atoms with Crippen molar-refractivity contribution >= 4 is 24.1 Å². The van der Waals surface area contributed by atoms with E-state index in [0.717, 1.165) is 25.1 Å².